The SMILES string of the molecule is CCS(=O)(=O)CCN1CCCC(C2CCCN2)C1. The monoisotopic (exact) mass is 274 g/mol. The summed E-state index contributed by atoms with van der Waals surface area (Å²) >= 11 is 0. The maximum Gasteiger partial charge on any atom is 0.151 e. The first kappa shape index (κ1) is 14.3. The van der Waals surface area contributed by atoms with Crippen molar-refractivity contribution in [3.8, 4) is 0 Å². The smallest absolute Gasteiger partial charge is 0.151 e. The van der Waals surface area contributed by atoms with Crippen LogP contribution in [0.1, 0.15) is 32.6 Å². The maximum atomic E-state index is 11.5. The van der Waals surface area contributed by atoms with Crippen LogP contribution in [-0.4, -0.2) is 57.0 Å². The average Bonchev–Trinajstić information content (AvgIpc) is 2.91. The maximum absolute atomic E-state index is 11.5. The third kappa shape index (κ3) is 3.93. The van der Waals surface area contributed by atoms with Crippen LogP contribution in [0.2, 0.25) is 0 Å². The molecule has 0 bridgehead atoms. The predicted molar refractivity (Wildman–Crippen MR) is 74.5 cm³/mol. The van der Waals surface area contributed by atoms with Crippen LogP contribution in [0, 0.1) is 5.92 Å². The van der Waals surface area contributed by atoms with Crippen LogP contribution < -0.4 is 5.32 Å². The van der Waals surface area contributed by atoms with Gasteiger partial charge in [-0.1, -0.05) is 6.92 Å². The Balaban J connectivity index is 1.79. The highest BCUT2D eigenvalue weighted by molar-refractivity contribution is 7.91. The largest absolute Gasteiger partial charge is 0.314 e. The van der Waals surface area contributed by atoms with Crippen molar-refractivity contribution >= 4 is 9.84 Å². The first-order chi connectivity index (χ1) is 8.61. The Morgan fingerprint density at radius 2 is 2.11 bits per heavy atom. The van der Waals surface area contributed by atoms with Crippen molar-refractivity contribution in [3.05, 3.63) is 0 Å². The van der Waals surface area contributed by atoms with Crippen molar-refractivity contribution in [1.82, 2.24) is 10.2 Å². The lowest BCUT2D eigenvalue weighted by Crippen LogP contribution is -2.44. The van der Waals surface area contributed by atoms with Gasteiger partial charge in [0.15, 0.2) is 9.84 Å². The Kier molecular flexibility index (Phi) is 5.04. The Labute approximate surface area is 111 Å². The Bertz CT molecular complexity index is 350. The highest BCUT2D eigenvalue weighted by Gasteiger charge is 2.29. The number of sulfone groups is 1. The molecule has 1 N–H and O–H groups in total. The van der Waals surface area contributed by atoms with Gasteiger partial charge < -0.3 is 10.2 Å². The van der Waals surface area contributed by atoms with Crippen LogP contribution in [-0.2, 0) is 9.84 Å². The Hall–Kier alpha value is -0.130. The van der Waals surface area contributed by atoms with E-state index in [9.17, 15) is 8.42 Å². The summed E-state index contributed by atoms with van der Waals surface area (Å²) in [6.45, 7) is 5.76. The second-order valence-corrected chi connectivity index (χ2v) is 8.11. The number of rotatable bonds is 5. The molecule has 0 radical (unpaired) electrons. The molecule has 18 heavy (non-hydrogen) atoms. The third-order valence-corrected chi connectivity index (χ3v) is 6.05. The van der Waals surface area contributed by atoms with E-state index in [1.165, 1.54) is 25.7 Å². The summed E-state index contributed by atoms with van der Waals surface area (Å²) in [6, 6.07) is 0.676. The standard InChI is InChI=1S/C13H26N2O2S/c1-2-18(16,17)10-9-15-8-4-5-12(11-15)13-6-3-7-14-13/h12-14H,2-11H2,1H3. The quantitative estimate of drug-likeness (QED) is 0.809. The summed E-state index contributed by atoms with van der Waals surface area (Å²) in [6.07, 6.45) is 5.11. The number of likely N-dealkylation sites (tertiary alicyclic amines) is 1. The van der Waals surface area contributed by atoms with E-state index in [1.54, 1.807) is 6.92 Å². The highest BCUT2D eigenvalue weighted by Crippen LogP contribution is 2.24. The minimum Gasteiger partial charge on any atom is -0.314 e. The van der Waals surface area contributed by atoms with Gasteiger partial charge in [0.2, 0.25) is 0 Å². The molecular formula is C13H26N2O2S. The molecule has 2 heterocycles. The van der Waals surface area contributed by atoms with Gasteiger partial charge in [0.05, 0.1) is 5.75 Å². The summed E-state index contributed by atoms with van der Waals surface area (Å²) in [5.41, 5.74) is 0. The fourth-order valence-electron chi connectivity index (χ4n) is 3.15. The first-order valence-corrected chi connectivity index (χ1v) is 9.09. The molecule has 0 aromatic heterocycles. The second kappa shape index (κ2) is 6.35. The van der Waals surface area contributed by atoms with Crippen LogP contribution in [0.5, 0.6) is 0 Å². The normalized spacial score (nSPS) is 30.7. The molecule has 4 nitrogen and oxygen atoms in total. The van der Waals surface area contributed by atoms with Crippen molar-refractivity contribution < 1.29 is 8.42 Å². The molecule has 2 aliphatic rings. The van der Waals surface area contributed by atoms with Crippen molar-refractivity contribution in [3.63, 3.8) is 0 Å². The lowest BCUT2D eigenvalue weighted by molar-refractivity contribution is 0.159. The number of hydrogen-bond donors (Lipinski definition) is 1. The molecule has 2 aliphatic heterocycles. The van der Waals surface area contributed by atoms with E-state index in [2.05, 4.69) is 10.2 Å². The van der Waals surface area contributed by atoms with E-state index in [0.717, 1.165) is 32.1 Å². The van der Waals surface area contributed by atoms with E-state index in [4.69, 9.17) is 0 Å². The van der Waals surface area contributed by atoms with E-state index in [0.29, 0.717) is 11.8 Å². The molecule has 2 rings (SSSR count). The van der Waals surface area contributed by atoms with Crippen LogP contribution in [0.3, 0.4) is 0 Å². The van der Waals surface area contributed by atoms with Gasteiger partial charge in [-0.3, -0.25) is 0 Å². The molecule has 106 valence electrons. The summed E-state index contributed by atoms with van der Waals surface area (Å²) in [5, 5.41) is 3.59. The number of piperidine rings is 1. The molecule has 5 heteroatoms. The van der Waals surface area contributed by atoms with Crippen molar-refractivity contribution in [2.75, 3.05) is 37.7 Å². The van der Waals surface area contributed by atoms with E-state index in [1.807, 2.05) is 0 Å². The van der Waals surface area contributed by atoms with Crippen LogP contribution in [0.15, 0.2) is 0 Å². The van der Waals surface area contributed by atoms with Gasteiger partial charge in [0.25, 0.3) is 0 Å². The number of nitrogens with zero attached hydrogens (tertiary/aromatic N) is 1. The van der Waals surface area contributed by atoms with Crippen LogP contribution in [0.25, 0.3) is 0 Å². The van der Waals surface area contributed by atoms with Crippen molar-refractivity contribution in [2.45, 2.75) is 38.6 Å². The van der Waals surface area contributed by atoms with E-state index in [-0.39, 0.29) is 5.75 Å². The minimum absolute atomic E-state index is 0.272. The molecule has 2 atom stereocenters. The fraction of sp³-hybridized carbons (Fsp3) is 1.00. The third-order valence-electron chi connectivity index (χ3n) is 4.37. The van der Waals surface area contributed by atoms with E-state index < -0.39 is 9.84 Å². The van der Waals surface area contributed by atoms with Gasteiger partial charge >= 0.3 is 0 Å². The van der Waals surface area contributed by atoms with Gasteiger partial charge in [0.1, 0.15) is 0 Å². The van der Waals surface area contributed by atoms with Crippen LogP contribution in [0.4, 0.5) is 0 Å². The predicted octanol–water partition coefficient (Wildman–Crippen LogP) is 0.885. The molecule has 0 aromatic rings. The van der Waals surface area contributed by atoms with Crippen molar-refractivity contribution in [1.29, 1.82) is 0 Å². The summed E-state index contributed by atoms with van der Waals surface area (Å²) in [4.78, 5) is 2.35. The van der Waals surface area contributed by atoms with E-state index >= 15 is 0 Å². The molecule has 0 aromatic carbocycles. The molecule has 0 saturated carbocycles. The zero-order valence-corrected chi connectivity index (χ0v) is 12.2. The molecule has 0 spiro atoms. The zero-order chi connectivity index (χ0) is 13.0. The Morgan fingerprint density at radius 1 is 1.28 bits per heavy atom. The molecule has 0 amide bonds. The number of nitrogens with one attached hydrogen (secondary N) is 1. The Morgan fingerprint density at radius 3 is 2.78 bits per heavy atom. The molecule has 0 aliphatic carbocycles. The topological polar surface area (TPSA) is 49.4 Å². The minimum atomic E-state index is -2.81. The average molecular weight is 274 g/mol. The highest BCUT2D eigenvalue weighted by atomic mass is 32.2. The number of hydrogen-bond acceptors (Lipinski definition) is 4. The van der Waals surface area contributed by atoms with Gasteiger partial charge in [-0.05, 0) is 44.7 Å². The van der Waals surface area contributed by atoms with Crippen molar-refractivity contribution in [2.24, 2.45) is 5.92 Å². The zero-order valence-electron chi connectivity index (χ0n) is 11.4. The second-order valence-electron chi connectivity index (χ2n) is 5.64. The molecular weight excluding hydrogens is 248 g/mol. The van der Waals surface area contributed by atoms with Gasteiger partial charge in [-0.25, -0.2) is 8.42 Å². The van der Waals surface area contributed by atoms with Crippen LogP contribution >= 0.6 is 0 Å². The molecule has 2 saturated heterocycles. The van der Waals surface area contributed by atoms with Gasteiger partial charge in [-0.15, -0.1) is 0 Å². The molecule has 2 unspecified atom stereocenters. The lowest BCUT2D eigenvalue weighted by Gasteiger charge is -2.35. The summed E-state index contributed by atoms with van der Waals surface area (Å²) < 4.78 is 23.1. The molecule has 2 fully saturated rings. The summed E-state index contributed by atoms with van der Waals surface area (Å²) in [7, 11) is -2.81. The van der Waals surface area contributed by atoms with Gasteiger partial charge in [-0.2, -0.15) is 0 Å². The fourth-order valence-corrected chi connectivity index (χ4v) is 3.97. The first-order valence-electron chi connectivity index (χ1n) is 7.27. The summed E-state index contributed by atoms with van der Waals surface area (Å²) in [5.74, 6) is 1.33. The van der Waals surface area contributed by atoms with Gasteiger partial charge in [0, 0.05) is 24.9 Å². The lowest BCUT2D eigenvalue weighted by atomic mass is 9.90.